The van der Waals surface area contributed by atoms with Crippen LogP contribution in [0.25, 0.3) is 5.57 Å². The van der Waals surface area contributed by atoms with Gasteiger partial charge in [0.2, 0.25) is 0 Å². The van der Waals surface area contributed by atoms with Gasteiger partial charge in [0, 0.05) is 13.1 Å². The number of rotatable bonds is 6. The van der Waals surface area contributed by atoms with Crippen molar-refractivity contribution in [1.29, 1.82) is 0 Å². The van der Waals surface area contributed by atoms with Gasteiger partial charge in [-0.1, -0.05) is 6.08 Å². The minimum absolute atomic E-state index is 0.194. The fraction of sp³-hybridized carbons (Fsp3) is 0.389. The van der Waals surface area contributed by atoms with Gasteiger partial charge < -0.3 is 10.0 Å². The molecule has 1 fully saturated rings. The molecule has 3 nitrogen and oxygen atoms in total. The van der Waals surface area contributed by atoms with E-state index in [0.29, 0.717) is 6.54 Å². The smallest absolute Gasteiger partial charge is 0.307 e. The number of likely N-dealkylation sites (tertiary alicyclic amines) is 1. The molecule has 5 heteroatoms. The number of hydrogen-bond acceptors (Lipinski definition) is 4. The summed E-state index contributed by atoms with van der Waals surface area (Å²) in [4.78, 5) is 13.4. The zero-order chi connectivity index (χ0) is 16.1. The highest BCUT2D eigenvalue weighted by Crippen LogP contribution is 2.27. The summed E-state index contributed by atoms with van der Waals surface area (Å²) in [7, 11) is 0. The molecule has 1 atom stereocenters. The molecule has 122 valence electrons. The number of aliphatic carboxylic acids is 1. The van der Waals surface area contributed by atoms with Crippen molar-refractivity contribution in [2.75, 3.05) is 19.6 Å². The number of carboxylic acid groups (broad SMARTS) is 1. The SMILES string of the molecule is O=C(O)C1CCCN(CCC=C(c2ccsc2)c2ccsc2)C1. The fourth-order valence-electron chi connectivity index (χ4n) is 3.09. The Morgan fingerprint density at radius 2 is 1.96 bits per heavy atom. The highest BCUT2D eigenvalue weighted by molar-refractivity contribution is 7.08. The molecule has 0 aliphatic carbocycles. The van der Waals surface area contributed by atoms with Gasteiger partial charge in [0.05, 0.1) is 5.92 Å². The van der Waals surface area contributed by atoms with Crippen molar-refractivity contribution in [3.8, 4) is 0 Å². The van der Waals surface area contributed by atoms with E-state index in [1.54, 1.807) is 22.7 Å². The molecule has 0 bridgehead atoms. The lowest BCUT2D eigenvalue weighted by molar-refractivity contribution is -0.143. The molecule has 3 heterocycles. The molecule has 0 aromatic carbocycles. The molecule has 1 aliphatic heterocycles. The van der Waals surface area contributed by atoms with E-state index in [0.717, 1.165) is 32.4 Å². The Morgan fingerprint density at radius 1 is 1.26 bits per heavy atom. The maximum atomic E-state index is 11.2. The molecule has 1 saturated heterocycles. The monoisotopic (exact) mass is 347 g/mol. The highest BCUT2D eigenvalue weighted by Gasteiger charge is 2.24. The average Bonchev–Trinajstić information content (AvgIpc) is 3.25. The molecular formula is C18H21NO2S2. The van der Waals surface area contributed by atoms with Crippen molar-refractivity contribution < 1.29 is 9.90 Å². The first kappa shape index (κ1) is 16.4. The Labute approximate surface area is 144 Å². The van der Waals surface area contributed by atoms with Crippen LogP contribution in [-0.2, 0) is 4.79 Å². The average molecular weight is 348 g/mol. The Bertz CT molecular complexity index is 610. The Kier molecular flexibility index (Phi) is 5.65. The van der Waals surface area contributed by atoms with Gasteiger partial charge in [-0.3, -0.25) is 4.79 Å². The summed E-state index contributed by atoms with van der Waals surface area (Å²) < 4.78 is 0. The minimum Gasteiger partial charge on any atom is -0.481 e. The standard InChI is InChI=1S/C18H21NO2S2/c20-18(21)14-3-1-7-19(11-14)8-2-4-17(15-5-9-22-12-15)16-6-10-23-13-16/h4-6,9-10,12-14H,1-3,7-8,11H2,(H,20,21). The number of carbonyl (C=O) groups is 1. The van der Waals surface area contributed by atoms with E-state index in [9.17, 15) is 9.90 Å². The number of thiophene rings is 2. The Morgan fingerprint density at radius 3 is 2.52 bits per heavy atom. The van der Waals surface area contributed by atoms with Crippen molar-refractivity contribution in [3.05, 3.63) is 50.9 Å². The first-order valence-corrected chi connectivity index (χ1v) is 9.83. The molecule has 3 rings (SSSR count). The van der Waals surface area contributed by atoms with Gasteiger partial charge in [-0.15, -0.1) is 0 Å². The van der Waals surface area contributed by atoms with Gasteiger partial charge in [0.15, 0.2) is 0 Å². The van der Waals surface area contributed by atoms with Gasteiger partial charge >= 0.3 is 5.97 Å². The maximum absolute atomic E-state index is 11.2. The molecule has 2 aromatic heterocycles. The quantitative estimate of drug-likeness (QED) is 0.840. The largest absolute Gasteiger partial charge is 0.481 e. The topological polar surface area (TPSA) is 40.5 Å². The molecule has 0 amide bonds. The van der Waals surface area contributed by atoms with Crippen LogP contribution in [0, 0.1) is 5.92 Å². The first-order chi connectivity index (χ1) is 11.2. The third-order valence-corrected chi connectivity index (χ3v) is 5.68. The lowest BCUT2D eigenvalue weighted by Gasteiger charge is -2.30. The van der Waals surface area contributed by atoms with Crippen LogP contribution in [0.4, 0.5) is 0 Å². The summed E-state index contributed by atoms with van der Waals surface area (Å²) in [5, 5.41) is 17.8. The summed E-state index contributed by atoms with van der Waals surface area (Å²) in [6.07, 6.45) is 5.06. The summed E-state index contributed by atoms with van der Waals surface area (Å²) in [6.45, 7) is 2.64. The van der Waals surface area contributed by atoms with Gasteiger partial charge in [0.1, 0.15) is 0 Å². The summed E-state index contributed by atoms with van der Waals surface area (Å²) in [6, 6.07) is 4.32. The van der Waals surface area contributed by atoms with Crippen LogP contribution < -0.4 is 0 Å². The van der Waals surface area contributed by atoms with Gasteiger partial charge in [-0.25, -0.2) is 0 Å². The third kappa shape index (κ3) is 4.31. The Balaban J connectivity index is 1.64. The van der Waals surface area contributed by atoms with Gasteiger partial charge in [0.25, 0.3) is 0 Å². The summed E-state index contributed by atoms with van der Waals surface area (Å²) in [5.41, 5.74) is 3.84. The van der Waals surface area contributed by atoms with E-state index in [-0.39, 0.29) is 5.92 Å². The second-order valence-electron chi connectivity index (χ2n) is 5.91. The predicted octanol–water partition coefficient (Wildman–Crippen LogP) is 4.43. The van der Waals surface area contributed by atoms with E-state index < -0.39 is 5.97 Å². The summed E-state index contributed by atoms with van der Waals surface area (Å²) in [5.74, 6) is -0.844. The Hall–Kier alpha value is -1.43. The molecule has 1 unspecified atom stereocenters. The van der Waals surface area contributed by atoms with Crippen LogP contribution in [-0.4, -0.2) is 35.6 Å². The molecule has 0 spiro atoms. The van der Waals surface area contributed by atoms with Crippen LogP contribution in [0.5, 0.6) is 0 Å². The van der Waals surface area contributed by atoms with E-state index in [2.05, 4.69) is 44.6 Å². The van der Waals surface area contributed by atoms with E-state index in [4.69, 9.17) is 0 Å². The maximum Gasteiger partial charge on any atom is 0.307 e. The van der Waals surface area contributed by atoms with Crippen molar-refractivity contribution in [2.24, 2.45) is 5.92 Å². The van der Waals surface area contributed by atoms with Crippen LogP contribution in [0.3, 0.4) is 0 Å². The number of hydrogen-bond donors (Lipinski definition) is 1. The number of piperidine rings is 1. The molecule has 1 aliphatic rings. The third-order valence-electron chi connectivity index (χ3n) is 4.31. The second kappa shape index (κ2) is 7.90. The fourth-order valence-corrected chi connectivity index (χ4v) is 4.40. The van der Waals surface area contributed by atoms with Gasteiger partial charge in [-0.05, 0) is 76.2 Å². The zero-order valence-electron chi connectivity index (χ0n) is 13.0. The predicted molar refractivity (Wildman–Crippen MR) is 97.1 cm³/mol. The minimum atomic E-state index is -0.650. The lowest BCUT2D eigenvalue weighted by atomic mass is 9.98. The summed E-state index contributed by atoms with van der Waals surface area (Å²) >= 11 is 3.43. The normalized spacial score (nSPS) is 18.7. The molecule has 2 aromatic rings. The second-order valence-corrected chi connectivity index (χ2v) is 7.47. The van der Waals surface area contributed by atoms with Gasteiger partial charge in [-0.2, -0.15) is 22.7 Å². The number of nitrogens with zero attached hydrogens (tertiary/aromatic N) is 1. The molecular weight excluding hydrogens is 326 g/mol. The van der Waals surface area contributed by atoms with Crippen LogP contribution >= 0.6 is 22.7 Å². The van der Waals surface area contributed by atoms with Crippen molar-refractivity contribution in [1.82, 2.24) is 4.90 Å². The van der Waals surface area contributed by atoms with Crippen molar-refractivity contribution >= 4 is 34.2 Å². The first-order valence-electron chi connectivity index (χ1n) is 7.94. The lowest BCUT2D eigenvalue weighted by Crippen LogP contribution is -2.39. The van der Waals surface area contributed by atoms with Crippen molar-refractivity contribution in [3.63, 3.8) is 0 Å². The molecule has 1 N–H and O–H groups in total. The van der Waals surface area contributed by atoms with Crippen molar-refractivity contribution in [2.45, 2.75) is 19.3 Å². The molecule has 0 radical (unpaired) electrons. The zero-order valence-corrected chi connectivity index (χ0v) is 14.6. The van der Waals surface area contributed by atoms with E-state index >= 15 is 0 Å². The van der Waals surface area contributed by atoms with E-state index in [1.165, 1.54) is 16.7 Å². The molecule has 0 saturated carbocycles. The molecule has 23 heavy (non-hydrogen) atoms. The number of carboxylic acids is 1. The highest BCUT2D eigenvalue weighted by atomic mass is 32.1. The van der Waals surface area contributed by atoms with E-state index in [1.807, 2.05) is 0 Å². The van der Waals surface area contributed by atoms with Crippen LogP contribution in [0.1, 0.15) is 30.4 Å². The van der Waals surface area contributed by atoms with Crippen LogP contribution in [0.15, 0.2) is 39.7 Å². The van der Waals surface area contributed by atoms with Crippen LogP contribution in [0.2, 0.25) is 0 Å².